The molecule has 0 spiro atoms. The minimum atomic E-state index is -1.10. The second kappa shape index (κ2) is 7.20. The minimum absolute atomic E-state index is 0.113. The molecule has 166 valence electrons. The van der Waals surface area contributed by atoms with Crippen molar-refractivity contribution in [3.63, 3.8) is 0 Å². The third-order valence-electron chi connectivity index (χ3n) is 6.16. The zero-order valence-electron chi connectivity index (χ0n) is 18.0. The molecule has 0 saturated heterocycles. The van der Waals surface area contributed by atoms with Gasteiger partial charge >= 0.3 is 0 Å². The molecule has 1 aromatic heterocycles. The number of rotatable bonds is 5. The van der Waals surface area contributed by atoms with Gasteiger partial charge < -0.3 is 14.4 Å². The lowest BCUT2D eigenvalue weighted by atomic mass is 9.92. The van der Waals surface area contributed by atoms with Crippen LogP contribution in [0.1, 0.15) is 48.5 Å². The van der Waals surface area contributed by atoms with Crippen molar-refractivity contribution in [2.45, 2.75) is 51.8 Å². The van der Waals surface area contributed by atoms with Gasteiger partial charge in [-0.1, -0.05) is 6.07 Å². The van der Waals surface area contributed by atoms with E-state index in [1.54, 1.807) is 31.7 Å². The van der Waals surface area contributed by atoms with E-state index in [0.29, 0.717) is 17.0 Å². The number of aliphatic hydroxyl groups is 1. The van der Waals surface area contributed by atoms with Crippen LogP contribution in [-0.4, -0.2) is 37.8 Å². The van der Waals surface area contributed by atoms with Gasteiger partial charge in [0.15, 0.2) is 0 Å². The summed E-state index contributed by atoms with van der Waals surface area (Å²) in [7, 11) is 0. The number of amides is 1. The van der Waals surface area contributed by atoms with E-state index in [1.807, 2.05) is 0 Å². The highest BCUT2D eigenvalue weighted by atomic mass is 19.1. The topological polar surface area (TPSA) is 79.5 Å². The third-order valence-corrected chi connectivity index (χ3v) is 6.16. The Balaban J connectivity index is 1.57. The van der Waals surface area contributed by atoms with Crippen molar-refractivity contribution in [3.05, 3.63) is 59.0 Å². The molecule has 1 fully saturated rings. The third kappa shape index (κ3) is 3.48. The number of nitrogens with zero attached hydrogens (tertiary/aromatic N) is 3. The number of fused-ring (bicyclic) bond motifs is 1. The van der Waals surface area contributed by atoms with Crippen molar-refractivity contribution in [3.8, 4) is 22.6 Å². The number of aryl methyl sites for hydroxylation is 1. The molecule has 1 N–H and O–H groups in total. The highest BCUT2D eigenvalue weighted by molar-refractivity contribution is 6.05. The summed E-state index contributed by atoms with van der Waals surface area (Å²) in [4.78, 5) is 15.1. The lowest BCUT2D eigenvalue weighted by Gasteiger charge is -2.37. The number of hydrogen-bond donors (Lipinski definition) is 1. The van der Waals surface area contributed by atoms with E-state index in [4.69, 9.17) is 4.42 Å². The monoisotopic (exact) mass is 439 g/mol. The van der Waals surface area contributed by atoms with Gasteiger partial charge in [0, 0.05) is 30.2 Å². The highest BCUT2D eigenvalue weighted by Gasteiger charge is 2.48. The van der Waals surface area contributed by atoms with Crippen LogP contribution in [-0.2, 0) is 6.54 Å². The Morgan fingerprint density at radius 3 is 2.50 bits per heavy atom. The Labute approximate surface area is 183 Å². The number of benzene rings is 2. The summed E-state index contributed by atoms with van der Waals surface area (Å²) in [6.07, 6.45) is 1.86. The number of carbonyl (C=O) groups excluding carboxylic acids is 1. The number of hydrogen-bond acceptors (Lipinski definition) is 5. The quantitative estimate of drug-likeness (QED) is 0.634. The first-order valence-electron chi connectivity index (χ1n) is 10.6. The number of carbonyl (C=O) groups is 1. The number of halogens is 2. The molecule has 1 unspecified atom stereocenters. The average molecular weight is 439 g/mol. The highest BCUT2D eigenvalue weighted by Crippen LogP contribution is 2.44. The van der Waals surface area contributed by atoms with Crippen LogP contribution < -0.4 is 0 Å². The molecule has 0 bridgehead atoms. The zero-order chi connectivity index (χ0) is 22.8. The van der Waals surface area contributed by atoms with Crippen LogP contribution in [0.3, 0.4) is 0 Å². The normalized spacial score (nSPS) is 17.1. The van der Waals surface area contributed by atoms with E-state index in [0.717, 1.165) is 12.8 Å². The summed E-state index contributed by atoms with van der Waals surface area (Å²) in [6.45, 7) is 5.19. The molecule has 1 amide bonds. The largest absolute Gasteiger partial charge is 0.421 e. The Bertz CT molecular complexity index is 1230. The van der Waals surface area contributed by atoms with Crippen LogP contribution in [0.4, 0.5) is 8.78 Å². The minimum Gasteiger partial charge on any atom is -0.421 e. The summed E-state index contributed by atoms with van der Waals surface area (Å²) < 4.78 is 35.0. The Hall–Kier alpha value is -3.13. The van der Waals surface area contributed by atoms with E-state index in [9.17, 15) is 14.3 Å². The predicted octanol–water partition coefficient (Wildman–Crippen LogP) is 4.50. The maximum absolute atomic E-state index is 15.2. The SMILES string of the molecule is Cc1nnc(-c2ccc(-c3cc(F)cc4c3C(=O)N(C(C3CC3)C(C)(C)O)C4)c(F)c2)o1. The first kappa shape index (κ1) is 20.8. The molecule has 32 heavy (non-hydrogen) atoms. The molecular weight excluding hydrogens is 416 g/mol. The predicted molar refractivity (Wildman–Crippen MR) is 113 cm³/mol. The van der Waals surface area contributed by atoms with E-state index >= 15 is 4.39 Å². The molecule has 5 rings (SSSR count). The molecule has 0 radical (unpaired) electrons. The fraction of sp³-hybridized carbons (Fsp3) is 0.375. The van der Waals surface area contributed by atoms with Gasteiger partial charge in [0.1, 0.15) is 11.6 Å². The van der Waals surface area contributed by atoms with Crippen LogP contribution in [0.2, 0.25) is 0 Å². The average Bonchev–Trinajstić information content (AvgIpc) is 3.35. The van der Waals surface area contributed by atoms with Gasteiger partial charge in [-0.05, 0) is 62.4 Å². The standard InChI is InChI=1S/C24H23F2N3O3/c1-12-27-28-22(32-12)14-6-7-17(19(26)9-14)18-10-16(25)8-15-11-29(23(30)20(15)18)21(13-4-5-13)24(2,3)31/h6-10,13,21,31H,4-5,11H2,1-3H3. The van der Waals surface area contributed by atoms with Crippen molar-refractivity contribution < 1.29 is 23.1 Å². The lowest BCUT2D eigenvalue weighted by molar-refractivity contribution is -0.0224. The molecule has 1 aliphatic carbocycles. The van der Waals surface area contributed by atoms with Gasteiger partial charge in [0.05, 0.1) is 17.2 Å². The lowest BCUT2D eigenvalue weighted by Crippen LogP contribution is -2.51. The summed E-state index contributed by atoms with van der Waals surface area (Å²) in [5.74, 6) is -0.748. The van der Waals surface area contributed by atoms with Crippen molar-refractivity contribution >= 4 is 5.91 Å². The second-order valence-corrected chi connectivity index (χ2v) is 9.18. The summed E-state index contributed by atoms with van der Waals surface area (Å²) in [6, 6.07) is 6.45. The van der Waals surface area contributed by atoms with Gasteiger partial charge in [-0.25, -0.2) is 8.78 Å². The molecule has 1 aliphatic heterocycles. The van der Waals surface area contributed by atoms with Crippen LogP contribution in [0.5, 0.6) is 0 Å². The second-order valence-electron chi connectivity index (χ2n) is 9.18. The molecule has 1 saturated carbocycles. The maximum atomic E-state index is 15.2. The molecule has 8 heteroatoms. The van der Waals surface area contributed by atoms with E-state index in [2.05, 4.69) is 10.2 Å². The van der Waals surface area contributed by atoms with Gasteiger partial charge in [0.25, 0.3) is 5.91 Å². The maximum Gasteiger partial charge on any atom is 0.255 e. The van der Waals surface area contributed by atoms with Gasteiger partial charge in [-0.15, -0.1) is 10.2 Å². The first-order valence-corrected chi connectivity index (χ1v) is 10.6. The van der Waals surface area contributed by atoms with E-state index in [-0.39, 0.29) is 47.0 Å². The van der Waals surface area contributed by atoms with Crippen molar-refractivity contribution in [1.82, 2.24) is 15.1 Å². The smallest absolute Gasteiger partial charge is 0.255 e. The first-order chi connectivity index (χ1) is 15.1. The molecule has 2 heterocycles. The van der Waals surface area contributed by atoms with Gasteiger partial charge in [-0.3, -0.25) is 4.79 Å². The Morgan fingerprint density at radius 2 is 1.91 bits per heavy atom. The zero-order valence-corrected chi connectivity index (χ0v) is 18.0. The van der Waals surface area contributed by atoms with Gasteiger partial charge in [0.2, 0.25) is 11.8 Å². The summed E-state index contributed by atoms with van der Waals surface area (Å²) in [5, 5.41) is 18.4. The molecule has 2 aromatic carbocycles. The van der Waals surface area contributed by atoms with E-state index in [1.165, 1.54) is 24.3 Å². The van der Waals surface area contributed by atoms with Gasteiger partial charge in [-0.2, -0.15) is 0 Å². The van der Waals surface area contributed by atoms with Crippen molar-refractivity contribution in [2.24, 2.45) is 5.92 Å². The van der Waals surface area contributed by atoms with Crippen molar-refractivity contribution in [2.75, 3.05) is 0 Å². The van der Waals surface area contributed by atoms with Crippen LogP contribution >= 0.6 is 0 Å². The number of aromatic nitrogens is 2. The molecule has 6 nitrogen and oxygen atoms in total. The van der Waals surface area contributed by atoms with Crippen molar-refractivity contribution in [1.29, 1.82) is 0 Å². The van der Waals surface area contributed by atoms with E-state index < -0.39 is 17.2 Å². The summed E-state index contributed by atoms with van der Waals surface area (Å²) >= 11 is 0. The van der Waals surface area contributed by atoms with Crippen LogP contribution in [0.15, 0.2) is 34.7 Å². The fourth-order valence-corrected chi connectivity index (χ4v) is 4.78. The van der Waals surface area contributed by atoms with Crippen LogP contribution in [0.25, 0.3) is 22.6 Å². The molecule has 3 aromatic rings. The molecule has 1 atom stereocenters. The molecular formula is C24H23F2N3O3. The van der Waals surface area contributed by atoms with Crippen LogP contribution in [0, 0.1) is 24.5 Å². The Kier molecular flexibility index (Phi) is 4.67. The fourth-order valence-electron chi connectivity index (χ4n) is 4.78. The molecule has 2 aliphatic rings. The Morgan fingerprint density at radius 1 is 1.16 bits per heavy atom. The summed E-state index contributed by atoms with van der Waals surface area (Å²) in [5.41, 5.74) is 0.374.